The number of nitriles is 3. The van der Waals surface area contributed by atoms with Crippen molar-refractivity contribution in [2.75, 3.05) is 12.9 Å². The van der Waals surface area contributed by atoms with Crippen molar-refractivity contribution in [3.05, 3.63) is 21.6 Å². The lowest BCUT2D eigenvalue weighted by Gasteiger charge is -2.16. The number of esters is 1. The predicted molar refractivity (Wildman–Crippen MR) is 78.4 cm³/mol. The van der Waals surface area contributed by atoms with Gasteiger partial charge in [-0.3, -0.25) is 0 Å². The first-order chi connectivity index (χ1) is 10.1. The van der Waals surface area contributed by atoms with Gasteiger partial charge in [-0.1, -0.05) is 0 Å². The topological polar surface area (TPSA) is 97.7 Å². The first-order valence-electron chi connectivity index (χ1n) is 6.53. The van der Waals surface area contributed by atoms with E-state index in [1.54, 1.807) is 13.2 Å². The quantitative estimate of drug-likeness (QED) is 0.450. The molecule has 1 atom stereocenters. The van der Waals surface area contributed by atoms with E-state index >= 15 is 0 Å². The minimum atomic E-state index is -0.627. The standard InChI is InChI=1S/C15H15N3O2S/c1-3-20-15(19)13(9-18)11-5-4-6-12(11)14(21-2)10(7-16)8-17/h12H,3-6H2,1-2H3/b13-11+/t12-/m0/s1. The average molecular weight is 301 g/mol. The second-order valence-electron chi connectivity index (χ2n) is 4.34. The maximum atomic E-state index is 11.9. The van der Waals surface area contributed by atoms with Crippen LogP contribution in [0.3, 0.4) is 0 Å². The van der Waals surface area contributed by atoms with Gasteiger partial charge in [0.05, 0.1) is 6.61 Å². The van der Waals surface area contributed by atoms with Crippen molar-refractivity contribution < 1.29 is 9.53 Å². The number of carbonyl (C=O) groups excluding carboxylic acids is 1. The molecular weight excluding hydrogens is 286 g/mol. The van der Waals surface area contributed by atoms with Crippen LogP contribution in [0.1, 0.15) is 26.2 Å². The van der Waals surface area contributed by atoms with Crippen LogP contribution in [-0.4, -0.2) is 18.8 Å². The molecule has 0 amide bonds. The second kappa shape index (κ2) is 8.15. The molecule has 5 nitrogen and oxygen atoms in total. The summed E-state index contributed by atoms with van der Waals surface area (Å²) in [5.74, 6) is -0.842. The molecule has 1 rings (SSSR count). The van der Waals surface area contributed by atoms with Gasteiger partial charge in [-0.15, -0.1) is 11.8 Å². The molecule has 1 saturated carbocycles. The molecule has 0 bridgehead atoms. The van der Waals surface area contributed by atoms with Crippen LogP contribution in [0, 0.1) is 39.9 Å². The number of ether oxygens (including phenoxy) is 1. The summed E-state index contributed by atoms with van der Waals surface area (Å²) in [6, 6.07) is 5.69. The Balaban J connectivity index is 3.35. The van der Waals surface area contributed by atoms with Gasteiger partial charge < -0.3 is 4.74 Å². The molecule has 0 N–H and O–H groups in total. The fourth-order valence-corrected chi connectivity index (χ4v) is 3.28. The maximum absolute atomic E-state index is 11.9. The highest BCUT2D eigenvalue weighted by Gasteiger charge is 2.31. The van der Waals surface area contributed by atoms with Gasteiger partial charge in [0.25, 0.3) is 0 Å². The number of thioether (sulfide) groups is 1. The number of hydrogen-bond donors (Lipinski definition) is 0. The molecule has 1 aliphatic carbocycles. The van der Waals surface area contributed by atoms with E-state index in [0.29, 0.717) is 16.9 Å². The van der Waals surface area contributed by atoms with Crippen LogP contribution < -0.4 is 0 Å². The van der Waals surface area contributed by atoms with Gasteiger partial charge in [0.2, 0.25) is 0 Å². The summed E-state index contributed by atoms with van der Waals surface area (Å²) < 4.78 is 4.91. The number of rotatable bonds is 4. The zero-order chi connectivity index (χ0) is 15.8. The normalized spacial score (nSPS) is 18.9. The molecular formula is C15H15N3O2S. The lowest BCUT2D eigenvalue weighted by atomic mass is 9.95. The summed E-state index contributed by atoms with van der Waals surface area (Å²) in [4.78, 5) is 12.5. The van der Waals surface area contributed by atoms with Crippen molar-refractivity contribution in [1.82, 2.24) is 0 Å². The molecule has 1 fully saturated rings. The molecule has 0 aromatic rings. The van der Waals surface area contributed by atoms with Crippen LogP contribution in [0.5, 0.6) is 0 Å². The highest BCUT2D eigenvalue weighted by Crippen LogP contribution is 2.43. The Labute approximate surface area is 128 Å². The Morgan fingerprint density at radius 2 is 2.00 bits per heavy atom. The highest BCUT2D eigenvalue weighted by molar-refractivity contribution is 8.02. The third-order valence-electron chi connectivity index (χ3n) is 3.28. The molecule has 0 aromatic heterocycles. The average Bonchev–Trinajstić information content (AvgIpc) is 2.94. The van der Waals surface area contributed by atoms with Crippen LogP contribution >= 0.6 is 11.8 Å². The van der Waals surface area contributed by atoms with Crippen LogP contribution in [0.4, 0.5) is 0 Å². The van der Waals surface area contributed by atoms with Gasteiger partial charge >= 0.3 is 5.97 Å². The zero-order valence-corrected chi connectivity index (χ0v) is 12.8. The molecule has 108 valence electrons. The summed E-state index contributed by atoms with van der Waals surface area (Å²) in [7, 11) is 0. The van der Waals surface area contributed by atoms with E-state index < -0.39 is 5.97 Å². The van der Waals surface area contributed by atoms with Gasteiger partial charge in [-0.05, 0) is 38.0 Å². The van der Waals surface area contributed by atoms with Crippen LogP contribution in [0.2, 0.25) is 0 Å². The van der Waals surface area contributed by atoms with Crippen molar-refractivity contribution in [3.8, 4) is 18.2 Å². The van der Waals surface area contributed by atoms with E-state index in [4.69, 9.17) is 15.3 Å². The lowest BCUT2D eigenvalue weighted by Crippen LogP contribution is -2.12. The summed E-state index contributed by atoms with van der Waals surface area (Å²) in [6.07, 6.45) is 3.94. The number of hydrogen-bond acceptors (Lipinski definition) is 6. The molecule has 0 aromatic carbocycles. The van der Waals surface area contributed by atoms with E-state index in [2.05, 4.69) is 0 Å². The van der Waals surface area contributed by atoms with E-state index in [1.807, 2.05) is 18.2 Å². The lowest BCUT2D eigenvalue weighted by molar-refractivity contribution is -0.138. The Hall–Kier alpha value is -2.23. The van der Waals surface area contributed by atoms with Crippen LogP contribution in [-0.2, 0) is 9.53 Å². The molecule has 1 aliphatic rings. The maximum Gasteiger partial charge on any atom is 0.348 e. The third-order valence-corrected chi connectivity index (χ3v) is 4.21. The first kappa shape index (κ1) is 16.8. The van der Waals surface area contributed by atoms with E-state index in [9.17, 15) is 10.1 Å². The Kier molecular flexibility index (Phi) is 6.53. The smallest absolute Gasteiger partial charge is 0.348 e. The van der Waals surface area contributed by atoms with Crippen LogP contribution in [0.15, 0.2) is 21.6 Å². The number of allylic oxidation sites excluding steroid dienone is 3. The summed E-state index contributed by atoms with van der Waals surface area (Å²) >= 11 is 1.32. The van der Waals surface area contributed by atoms with Gasteiger partial charge in [0, 0.05) is 10.8 Å². The Morgan fingerprint density at radius 1 is 1.33 bits per heavy atom. The molecule has 0 heterocycles. The zero-order valence-electron chi connectivity index (χ0n) is 12.0. The van der Waals surface area contributed by atoms with E-state index in [0.717, 1.165) is 12.8 Å². The molecule has 0 saturated heterocycles. The first-order valence-corrected chi connectivity index (χ1v) is 7.75. The van der Waals surface area contributed by atoms with Gasteiger partial charge in [0.15, 0.2) is 0 Å². The fourth-order valence-electron chi connectivity index (χ4n) is 2.44. The number of nitrogens with zero attached hydrogens (tertiary/aromatic N) is 3. The largest absolute Gasteiger partial charge is 0.462 e. The Morgan fingerprint density at radius 3 is 2.48 bits per heavy atom. The molecule has 0 aliphatic heterocycles. The van der Waals surface area contributed by atoms with E-state index in [1.165, 1.54) is 11.8 Å². The SMILES string of the molecule is CCOC(=O)/C(C#N)=C1\CCC[C@@H]1C(SC)=C(C#N)C#N. The number of carbonyl (C=O) groups is 1. The molecule has 0 spiro atoms. The highest BCUT2D eigenvalue weighted by atomic mass is 32.2. The summed E-state index contributed by atoms with van der Waals surface area (Å²) in [5, 5.41) is 27.3. The second-order valence-corrected chi connectivity index (χ2v) is 5.19. The third kappa shape index (κ3) is 3.66. The monoisotopic (exact) mass is 301 g/mol. The fraction of sp³-hybridized carbons (Fsp3) is 0.467. The predicted octanol–water partition coefficient (Wildman–Crippen LogP) is 2.83. The molecule has 0 unspecified atom stereocenters. The summed E-state index contributed by atoms with van der Waals surface area (Å²) in [6.45, 7) is 1.88. The van der Waals surface area contributed by atoms with Crippen LogP contribution in [0.25, 0.3) is 0 Å². The van der Waals surface area contributed by atoms with Crippen molar-refractivity contribution in [3.63, 3.8) is 0 Å². The van der Waals surface area contributed by atoms with Crippen molar-refractivity contribution in [2.24, 2.45) is 5.92 Å². The molecule has 0 radical (unpaired) electrons. The van der Waals surface area contributed by atoms with Gasteiger partial charge in [-0.25, -0.2) is 4.79 Å². The molecule has 6 heteroatoms. The minimum Gasteiger partial charge on any atom is -0.462 e. The van der Waals surface area contributed by atoms with Gasteiger partial charge in [0.1, 0.15) is 29.4 Å². The minimum absolute atomic E-state index is 0.0149. The molecule has 21 heavy (non-hydrogen) atoms. The van der Waals surface area contributed by atoms with Crippen molar-refractivity contribution >= 4 is 17.7 Å². The Bertz CT molecular complexity index is 598. The van der Waals surface area contributed by atoms with E-state index in [-0.39, 0.29) is 23.7 Å². The summed E-state index contributed by atoms with van der Waals surface area (Å²) in [5.41, 5.74) is 0.748. The van der Waals surface area contributed by atoms with Gasteiger partial charge in [-0.2, -0.15) is 15.8 Å². The van der Waals surface area contributed by atoms with Crippen molar-refractivity contribution in [1.29, 1.82) is 15.8 Å². The van der Waals surface area contributed by atoms with Crippen molar-refractivity contribution in [2.45, 2.75) is 26.2 Å².